The number of unbranched alkanes of at least 4 members (excludes halogenated alkanes) is 1. The van der Waals surface area contributed by atoms with Gasteiger partial charge in [-0.25, -0.2) is 4.79 Å². The van der Waals surface area contributed by atoms with Gasteiger partial charge in [0.2, 0.25) is 5.91 Å². The maximum Gasteiger partial charge on any atom is 0.416 e. The van der Waals surface area contributed by atoms with Gasteiger partial charge in [-0.15, -0.1) is 0 Å². The van der Waals surface area contributed by atoms with Gasteiger partial charge in [0.15, 0.2) is 0 Å². The van der Waals surface area contributed by atoms with Crippen molar-refractivity contribution in [2.75, 3.05) is 13.1 Å². The second-order valence-electron chi connectivity index (χ2n) is 14.2. The molecule has 9 nitrogen and oxygen atoms in total. The summed E-state index contributed by atoms with van der Waals surface area (Å²) < 4.78 is 12.3. The molecule has 2 N–H and O–H groups in total. The van der Waals surface area contributed by atoms with E-state index in [1.54, 1.807) is 0 Å². The zero-order chi connectivity index (χ0) is 31.3. The molecule has 44 heavy (non-hydrogen) atoms. The monoisotopic (exact) mass is 609 g/mol. The second-order valence-corrected chi connectivity index (χ2v) is 14.2. The number of nitrogens with zero attached hydrogens (tertiary/aromatic N) is 2. The average Bonchev–Trinajstić information content (AvgIpc) is 3.71. The fraction of sp³-hybridized carbons (Fsp3) is 0.714. The quantitative estimate of drug-likeness (QED) is 0.284. The number of carbonyl (C=O) groups excluding carboxylic acids is 2. The number of aliphatic imine (C=N–C) groups is 1. The molecule has 2 bridgehead atoms. The topological polar surface area (TPSA) is 118 Å². The van der Waals surface area contributed by atoms with Crippen molar-refractivity contribution in [1.29, 1.82) is 0 Å². The Balaban J connectivity index is 1.28. The standard InChI is InChI=1S/C35H51N3O6/c1-35(2,3)44-34(42)38-27(33(41)36-20-10-9-13-23-11-5-4-6-12-23)22-37-32(38)31-26(28-17-18-29(31)43-28)21-25-15-8-7-14-24(25)16-19-30(39)40/h7-8,14-15,23,26-29,31H,4-6,9-13,16-22H2,1-3H3,(H,36,41)(H,39,40)/t26-,27?,28-,29+,31-/m0/s1. The summed E-state index contributed by atoms with van der Waals surface area (Å²) >= 11 is 0. The predicted octanol–water partition coefficient (Wildman–Crippen LogP) is 5.92. The van der Waals surface area contributed by atoms with Gasteiger partial charge >= 0.3 is 12.1 Å². The highest BCUT2D eigenvalue weighted by Gasteiger charge is 2.55. The molecule has 0 aromatic heterocycles. The zero-order valence-electron chi connectivity index (χ0n) is 26.8. The Morgan fingerprint density at radius 3 is 2.48 bits per heavy atom. The van der Waals surface area contributed by atoms with E-state index in [2.05, 4.69) is 11.4 Å². The number of hydrogen-bond acceptors (Lipinski definition) is 6. The number of aliphatic carboxylic acids is 1. The van der Waals surface area contributed by atoms with E-state index in [0.29, 0.717) is 25.2 Å². The molecule has 3 heterocycles. The van der Waals surface area contributed by atoms with E-state index >= 15 is 0 Å². The highest BCUT2D eigenvalue weighted by Crippen LogP contribution is 2.47. The molecule has 0 spiro atoms. The van der Waals surface area contributed by atoms with E-state index in [9.17, 15) is 19.5 Å². The fourth-order valence-corrected chi connectivity index (χ4v) is 7.75. The molecule has 9 heteroatoms. The number of hydrogen-bond donors (Lipinski definition) is 2. The van der Waals surface area contributed by atoms with Gasteiger partial charge in [-0.1, -0.05) is 69.2 Å². The SMILES string of the molecule is CC(C)(C)OC(=O)N1C([C@H]2[C@@H](Cc3ccccc3CCC(=O)O)[C@@H]3CC[C@H]2O3)=NCC1C(=O)NCCCCC1CCCCC1. The van der Waals surface area contributed by atoms with Gasteiger partial charge in [0, 0.05) is 24.8 Å². The number of nitrogens with one attached hydrogen (secondary N) is 1. The van der Waals surface area contributed by atoms with Crippen molar-refractivity contribution in [3.8, 4) is 0 Å². The van der Waals surface area contributed by atoms with Crippen molar-refractivity contribution in [3.63, 3.8) is 0 Å². The molecule has 5 rings (SSSR count). The molecule has 2 amide bonds. The number of ether oxygens (including phenoxy) is 2. The lowest BCUT2D eigenvalue weighted by Crippen LogP contribution is -2.54. The third kappa shape index (κ3) is 8.01. The summed E-state index contributed by atoms with van der Waals surface area (Å²) in [4.78, 5) is 44.9. The molecule has 1 aromatic rings. The summed E-state index contributed by atoms with van der Waals surface area (Å²) in [6.07, 6.45) is 12.4. The molecule has 1 saturated carbocycles. The van der Waals surface area contributed by atoms with E-state index < -0.39 is 23.7 Å². The maximum atomic E-state index is 13.7. The number of fused-ring (bicyclic) bond motifs is 2. The Morgan fingerprint density at radius 2 is 1.75 bits per heavy atom. The van der Waals surface area contributed by atoms with Crippen molar-refractivity contribution in [2.24, 2.45) is 22.7 Å². The van der Waals surface area contributed by atoms with Gasteiger partial charge in [0.25, 0.3) is 0 Å². The van der Waals surface area contributed by atoms with Crippen molar-refractivity contribution >= 4 is 23.8 Å². The van der Waals surface area contributed by atoms with Crippen LogP contribution in [0.5, 0.6) is 0 Å². The third-order valence-corrected chi connectivity index (χ3v) is 9.85. The lowest BCUT2D eigenvalue weighted by molar-refractivity contribution is -0.137. The van der Waals surface area contributed by atoms with Crippen LogP contribution in [0.15, 0.2) is 29.3 Å². The molecule has 0 radical (unpaired) electrons. The molecule has 242 valence electrons. The van der Waals surface area contributed by atoms with E-state index in [-0.39, 0.29) is 42.9 Å². The first kappa shape index (κ1) is 32.5. The molecule has 2 saturated heterocycles. The smallest absolute Gasteiger partial charge is 0.416 e. The van der Waals surface area contributed by atoms with Gasteiger partial charge < -0.3 is 19.9 Å². The average molecular weight is 610 g/mol. The van der Waals surface area contributed by atoms with Gasteiger partial charge in [-0.05, 0) is 69.9 Å². The van der Waals surface area contributed by atoms with Crippen molar-refractivity contribution < 1.29 is 29.0 Å². The van der Waals surface area contributed by atoms with Gasteiger partial charge in [-0.2, -0.15) is 0 Å². The first-order valence-electron chi connectivity index (χ1n) is 16.9. The summed E-state index contributed by atoms with van der Waals surface area (Å²) in [7, 11) is 0. The van der Waals surface area contributed by atoms with Gasteiger partial charge in [0.05, 0.1) is 18.8 Å². The number of carboxylic acid groups (broad SMARTS) is 1. The summed E-state index contributed by atoms with van der Waals surface area (Å²) in [5.74, 6) is 0.327. The van der Waals surface area contributed by atoms with Crippen LogP contribution < -0.4 is 5.32 Å². The molecular formula is C35H51N3O6. The predicted molar refractivity (Wildman–Crippen MR) is 169 cm³/mol. The third-order valence-electron chi connectivity index (χ3n) is 9.85. The summed E-state index contributed by atoms with van der Waals surface area (Å²) in [6.45, 7) is 6.29. The highest BCUT2D eigenvalue weighted by molar-refractivity contribution is 6.04. The Morgan fingerprint density at radius 1 is 1.02 bits per heavy atom. The summed E-state index contributed by atoms with van der Waals surface area (Å²) in [5.41, 5.74) is 1.40. The molecule has 3 fully saturated rings. The van der Waals surface area contributed by atoms with Crippen molar-refractivity contribution in [3.05, 3.63) is 35.4 Å². The lowest BCUT2D eigenvalue weighted by Gasteiger charge is -2.35. The largest absolute Gasteiger partial charge is 0.481 e. The molecule has 1 aliphatic carbocycles. The molecule has 3 aliphatic heterocycles. The van der Waals surface area contributed by atoms with Crippen LogP contribution in [0.4, 0.5) is 4.79 Å². The number of amides is 2. The Labute approximate surface area is 262 Å². The van der Waals surface area contributed by atoms with E-state index in [4.69, 9.17) is 14.5 Å². The lowest BCUT2D eigenvalue weighted by atomic mass is 9.74. The molecule has 4 aliphatic rings. The minimum absolute atomic E-state index is 0.0257. The van der Waals surface area contributed by atoms with Crippen LogP contribution in [0.1, 0.15) is 103 Å². The van der Waals surface area contributed by atoms with Crippen LogP contribution in [0.25, 0.3) is 0 Å². The van der Waals surface area contributed by atoms with E-state index in [1.165, 1.54) is 43.4 Å². The van der Waals surface area contributed by atoms with Crippen LogP contribution in [0.2, 0.25) is 0 Å². The number of carbonyl (C=O) groups is 3. The minimum Gasteiger partial charge on any atom is -0.481 e. The van der Waals surface area contributed by atoms with E-state index in [1.807, 2.05) is 39.0 Å². The maximum absolute atomic E-state index is 13.7. The van der Waals surface area contributed by atoms with Crippen LogP contribution in [0.3, 0.4) is 0 Å². The van der Waals surface area contributed by atoms with E-state index in [0.717, 1.165) is 42.7 Å². The Kier molecular flexibility index (Phi) is 10.7. The number of aryl methyl sites for hydroxylation is 1. The normalized spacial score (nSPS) is 26.9. The minimum atomic E-state index is -0.817. The Bertz CT molecular complexity index is 1200. The molecule has 5 atom stereocenters. The van der Waals surface area contributed by atoms with Crippen LogP contribution in [0, 0.1) is 17.8 Å². The molecular weight excluding hydrogens is 558 g/mol. The number of carboxylic acids is 1. The van der Waals surface area contributed by atoms with Crippen molar-refractivity contribution in [1.82, 2.24) is 10.2 Å². The fourth-order valence-electron chi connectivity index (χ4n) is 7.75. The Hall–Kier alpha value is -2.94. The summed E-state index contributed by atoms with van der Waals surface area (Å²) in [6, 6.07) is 7.24. The van der Waals surface area contributed by atoms with Crippen molar-refractivity contribution in [2.45, 2.75) is 128 Å². The molecule has 1 unspecified atom stereocenters. The number of rotatable bonds is 12. The number of benzene rings is 1. The van der Waals surface area contributed by atoms with Gasteiger partial charge in [-0.3, -0.25) is 19.5 Å². The van der Waals surface area contributed by atoms with Crippen LogP contribution in [-0.4, -0.2) is 70.8 Å². The highest BCUT2D eigenvalue weighted by atomic mass is 16.6. The van der Waals surface area contributed by atoms with Crippen LogP contribution >= 0.6 is 0 Å². The zero-order valence-corrected chi connectivity index (χ0v) is 26.8. The second kappa shape index (κ2) is 14.4. The first-order chi connectivity index (χ1) is 21.1. The van der Waals surface area contributed by atoms with Crippen LogP contribution in [-0.2, 0) is 31.9 Å². The van der Waals surface area contributed by atoms with Gasteiger partial charge in [0.1, 0.15) is 17.5 Å². The summed E-state index contributed by atoms with van der Waals surface area (Å²) in [5, 5.41) is 12.4. The first-order valence-corrected chi connectivity index (χ1v) is 16.9. The molecule has 1 aromatic carbocycles. The number of amidine groups is 1.